The number of carbonyl (C=O) groups excluding carboxylic acids is 2. The molecule has 0 saturated carbocycles. The maximum Gasteiger partial charge on any atom is 0.306 e. The number of rotatable bonds is 64. The quantitative estimate of drug-likeness (QED) is 0.0373. The Kier molecular flexibility index (Phi) is 67.3. The highest BCUT2D eigenvalue weighted by molar-refractivity contribution is 5.70. The van der Waals surface area contributed by atoms with Crippen molar-refractivity contribution in [3.63, 3.8) is 0 Å². The van der Waals surface area contributed by atoms with Crippen LogP contribution in [0.4, 0.5) is 0 Å². The molecule has 0 heterocycles. The zero-order valence-electron chi connectivity index (χ0n) is 53.1. The predicted octanol–water partition coefficient (Wildman–Crippen LogP) is 24.2. The first-order valence-corrected chi connectivity index (χ1v) is 34.8. The van der Waals surface area contributed by atoms with Crippen LogP contribution in [0.15, 0.2) is 97.2 Å². The molecule has 80 heavy (non-hydrogen) atoms. The average Bonchev–Trinajstić information content (AvgIpc) is 3.46. The van der Waals surface area contributed by atoms with Gasteiger partial charge in [-0.25, -0.2) is 0 Å². The number of hydrogen-bond donors (Lipinski definition) is 1. The molecule has 0 aromatic heterocycles. The molecule has 0 aliphatic heterocycles. The Labute approximate surface area is 498 Å². The number of allylic oxidation sites excluding steroid dienone is 16. The molecular formula is C75H132O5. The van der Waals surface area contributed by atoms with Gasteiger partial charge in [0, 0.05) is 12.8 Å². The third kappa shape index (κ3) is 67.3. The van der Waals surface area contributed by atoms with Crippen LogP contribution in [0, 0.1) is 0 Å². The average molecular weight is 1110 g/mol. The van der Waals surface area contributed by atoms with Crippen molar-refractivity contribution in [2.75, 3.05) is 13.2 Å². The number of ether oxygens (including phenoxy) is 2. The molecule has 0 aliphatic carbocycles. The molecule has 0 radical (unpaired) electrons. The van der Waals surface area contributed by atoms with E-state index in [-0.39, 0.29) is 25.2 Å². The smallest absolute Gasteiger partial charge is 0.306 e. The van der Waals surface area contributed by atoms with E-state index < -0.39 is 6.10 Å². The van der Waals surface area contributed by atoms with E-state index in [0.717, 1.165) is 83.5 Å². The Balaban J connectivity index is 3.44. The maximum absolute atomic E-state index is 12.4. The molecule has 1 atom stereocenters. The molecule has 0 aliphatic rings. The third-order valence-corrected chi connectivity index (χ3v) is 15.4. The minimum Gasteiger partial charge on any atom is -0.462 e. The summed E-state index contributed by atoms with van der Waals surface area (Å²) in [6.45, 7) is 4.05. The highest BCUT2D eigenvalue weighted by Gasteiger charge is 2.16. The van der Waals surface area contributed by atoms with Gasteiger partial charge in [0.15, 0.2) is 6.10 Å². The molecule has 0 amide bonds. The number of hydrogen-bond acceptors (Lipinski definition) is 5. The second-order valence-corrected chi connectivity index (χ2v) is 23.2. The van der Waals surface area contributed by atoms with Crippen molar-refractivity contribution in [3.05, 3.63) is 97.2 Å². The molecule has 5 heteroatoms. The predicted molar refractivity (Wildman–Crippen MR) is 352 cm³/mol. The van der Waals surface area contributed by atoms with E-state index >= 15 is 0 Å². The van der Waals surface area contributed by atoms with Crippen LogP contribution in [0.1, 0.15) is 348 Å². The Morgan fingerprint density at radius 3 is 0.812 bits per heavy atom. The second-order valence-electron chi connectivity index (χ2n) is 23.2. The van der Waals surface area contributed by atoms with Gasteiger partial charge in [-0.1, -0.05) is 336 Å². The number of carbonyl (C=O) groups is 2. The first-order valence-electron chi connectivity index (χ1n) is 34.8. The van der Waals surface area contributed by atoms with Gasteiger partial charge in [0.1, 0.15) is 6.61 Å². The standard InChI is InChI=1S/C75H132O5/c1-3-5-7-9-11-13-15-17-19-21-23-25-27-29-31-33-35-37-39-41-43-45-47-49-51-53-55-57-59-61-63-65-67-69-74(77)79-72-73(71-76)80-75(78)70-68-66-64-62-60-58-56-54-52-50-48-46-44-42-40-38-36-34-32-30-28-26-24-22-20-18-16-14-12-10-8-6-4-2/h6,8,12,14-15,17-18,20-21,23-24,26,30,32,36,38,73,76H,3-5,7,9-11,13,16,19,22,25,27-29,31,33-35,37,39-72H2,1-2H3/b8-6-,14-12-,17-15-,20-18-,23-21-,26-24-,32-30-,38-36-. The van der Waals surface area contributed by atoms with Crippen LogP contribution in [-0.2, 0) is 19.1 Å². The molecule has 0 aromatic carbocycles. The Hall–Kier alpha value is -3.18. The minimum atomic E-state index is -0.777. The second kappa shape index (κ2) is 70.1. The SMILES string of the molecule is CC/C=C\C/C=C\C/C=C\C/C=C\C/C=C\C/C=C\CCCCCCCCCCCCCCCCC(=O)OC(CO)COC(=O)CCCCCCCCCCCCCCCCCCCCCCC/C=C\C/C=C\CCCCCCC. The zero-order valence-corrected chi connectivity index (χ0v) is 53.1. The van der Waals surface area contributed by atoms with Crippen LogP contribution in [0.3, 0.4) is 0 Å². The van der Waals surface area contributed by atoms with Gasteiger partial charge in [0.25, 0.3) is 0 Å². The van der Waals surface area contributed by atoms with E-state index in [1.165, 1.54) is 238 Å². The summed E-state index contributed by atoms with van der Waals surface area (Å²) in [5, 5.41) is 9.70. The molecular weight excluding hydrogens is 981 g/mol. The van der Waals surface area contributed by atoms with Gasteiger partial charge < -0.3 is 14.6 Å². The molecule has 1 unspecified atom stereocenters. The maximum atomic E-state index is 12.4. The Morgan fingerprint density at radius 2 is 0.537 bits per heavy atom. The molecule has 0 saturated heterocycles. The van der Waals surface area contributed by atoms with Crippen molar-refractivity contribution >= 4 is 11.9 Å². The lowest BCUT2D eigenvalue weighted by Gasteiger charge is -2.15. The normalized spacial score (nSPS) is 12.8. The van der Waals surface area contributed by atoms with Crippen molar-refractivity contribution in [2.24, 2.45) is 0 Å². The van der Waals surface area contributed by atoms with Crippen LogP contribution in [-0.4, -0.2) is 36.4 Å². The lowest BCUT2D eigenvalue weighted by Crippen LogP contribution is -2.28. The third-order valence-electron chi connectivity index (χ3n) is 15.4. The lowest BCUT2D eigenvalue weighted by atomic mass is 10.0. The van der Waals surface area contributed by atoms with Gasteiger partial charge in [0.2, 0.25) is 0 Å². The lowest BCUT2D eigenvalue weighted by molar-refractivity contribution is -0.161. The monoisotopic (exact) mass is 1110 g/mol. The number of aliphatic hydroxyl groups excluding tert-OH is 1. The van der Waals surface area contributed by atoms with E-state index in [1.807, 2.05) is 0 Å². The van der Waals surface area contributed by atoms with Gasteiger partial charge in [-0.15, -0.1) is 0 Å². The van der Waals surface area contributed by atoms with Gasteiger partial charge in [-0.2, -0.15) is 0 Å². The summed E-state index contributed by atoms with van der Waals surface area (Å²) in [5.74, 6) is -0.578. The molecule has 0 aromatic rings. The number of esters is 2. The first-order chi connectivity index (χ1) is 39.6. The van der Waals surface area contributed by atoms with Gasteiger partial charge in [-0.05, 0) is 96.3 Å². The molecule has 1 N–H and O–H groups in total. The van der Waals surface area contributed by atoms with Crippen molar-refractivity contribution in [1.29, 1.82) is 0 Å². The summed E-state index contributed by atoms with van der Waals surface area (Å²) in [7, 11) is 0. The fourth-order valence-corrected chi connectivity index (χ4v) is 10.2. The summed E-state index contributed by atoms with van der Waals surface area (Å²) < 4.78 is 10.8. The molecule has 0 bridgehead atoms. The van der Waals surface area contributed by atoms with Crippen LogP contribution < -0.4 is 0 Å². The van der Waals surface area contributed by atoms with Crippen molar-refractivity contribution < 1.29 is 24.2 Å². The van der Waals surface area contributed by atoms with Gasteiger partial charge >= 0.3 is 11.9 Å². The summed E-state index contributed by atoms with van der Waals surface area (Å²) >= 11 is 0. The number of aliphatic hydroxyl groups is 1. The molecule has 462 valence electrons. The molecule has 5 nitrogen and oxygen atoms in total. The highest BCUT2D eigenvalue weighted by Crippen LogP contribution is 2.18. The Bertz CT molecular complexity index is 1500. The van der Waals surface area contributed by atoms with Crippen molar-refractivity contribution in [3.8, 4) is 0 Å². The van der Waals surface area contributed by atoms with Crippen LogP contribution >= 0.6 is 0 Å². The van der Waals surface area contributed by atoms with Crippen LogP contribution in [0.2, 0.25) is 0 Å². The summed E-state index contributed by atoms with van der Waals surface area (Å²) in [5.41, 5.74) is 0. The zero-order chi connectivity index (χ0) is 57.6. The van der Waals surface area contributed by atoms with Crippen molar-refractivity contribution in [2.45, 2.75) is 354 Å². The van der Waals surface area contributed by atoms with Crippen LogP contribution in [0.5, 0.6) is 0 Å². The molecule has 0 spiro atoms. The first kappa shape index (κ1) is 76.8. The minimum absolute atomic E-state index is 0.0654. The van der Waals surface area contributed by atoms with E-state index in [9.17, 15) is 14.7 Å². The summed E-state index contributed by atoms with van der Waals surface area (Å²) in [6.07, 6.45) is 100. The van der Waals surface area contributed by atoms with E-state index in [1.54, 1.807) is 0 Å². The van der Waals surface area contributed by atoms with E-state index in [4.69, 9.17) is 9.47 Å². The molecule has 0 rings (SSSR count). The van der Waals surface area contributed by atoms with Gasteiger partial charge in [0.05, 0.1) is 6.61 Å². The van der Waals surface area contributed by atoms with Gasteiger partial charge in [-0.3, -0.25) is 9.59 Å². The Morgan fingerprint density at radius 1 is 0.300 bits per heavy atom. The largest absolute Gasteiger partial charge is 0.462 e. The summed E-state index contributed by atoms with van der Waals surface area (Å²) in [6, 6.07) is 0. The molecule has 0 fully saturated rings. The van der Waals surface area contributed by atoms with Crippen molar-refractivity contribution in [1.82, 2.24) is 0 Å². The van der Waals surface area contributed by atoms with E-state index in [0.29, 0.717) is 12.8 Å². The highest BCUT2D eigenvalue weighted by atomic mass is 16.6. The van der Waals surface area contributed by atoms with Crippen LogP contribution in [0.25, 0.3) is 0 Å². The van der Waals surface area contributed by atoms with E-state index in [2.05, 4.69) is 111 Å². The summed E-state index contributed by atoms with van der Waals surface area (Å²) in [4.78, 5) is 24.7. The number of unbranched alkanes of at least 4 members (excludes halogenated alkanes) is 40. The fourth-order valence-electron chi connectivity index (χ4n) is 10.2. The topological polar surface area (TPSA) is 72.8 Å². The fraction of sp³-hybridized carbons (Fsp3) is 0.760.